The standard InChI is InChI=1S/C34H35N3O7/c38-19-23-6-8-24(9-7-23)20-41-31-18-26(25-10-11-28-29(16-25)43-22-42-28)17-30(44-31)32(39)36-14-12-34(13-15-36)33(40)35-21-37(34)27-4-2-1-3-5-27/h1-11,16-17,26,31,38H,12-15,18-22H2,(H,35,40)/t26-,31+/m1/s1. The van der Waals surface area contributed by atoms with E-state index in [1.807, 2.05) is 78.9 Å². The molecule has 2 amide bonds. The molecular weight excluding hydrogens is 562 g/mol. The fourth-order valence-electron chi connectivity index (χ4n) is 6.49. The molecule has 2 saturated heterocycles. The van der Waals surface area contributed by atoms with Crippen molar-refractivity contribution in [3.63, 3.8) is 0 Å². The average molecular weight is 598 g/mol. The van der Waals surface area contributed by atoms with E-state index in [4.69, 9.17) is 18.9 Å². The van der Waals surface area contributed by atoms with E-state index in [2.05, 4.69) is 10.2 Å². The minimum absolute atomic E-state index is 0.00458. The van der Waals surface area contributed by atoms with E-state index in [0.29, 0.717) is 57.1 Å². The molecule has 3 aromatic carbocycles. The van der Waals surface area contributed by atoms with E-state index < -0.39 is 11.8 Å². The van der Waals surface area contributed by atoms with E-state index in [1.165, 1.54) is 0 Å². The number of para-hydroxylation sites is 1. The lowest BCUT2D eigenvalue weighted by Gasteiger charge is -2.43. The van der Waals surface area contributed by atoms with Crippen LogP contribution in [0.5, 0.6) is 11.5 Å². The summed E-state index contributed by atoms with van der Waals surface area (Å²) >= 11 is 0. The van der Waals surface area contributed by atoms with Crippen LogP contribution in [0.15, 0.2) is 84.6 Å². The van der Waals surface area contributed by atoms with Crippen molar-refractivity contribution in [2.24, 2.45) is 0 Å². The van der Waals surface area contributed by atoms with Crippen LogP contribution in [-0.2, 0) is 32.3 Å². The SMILES string of the molecule is O=C(C1=C[C@@H](c2ccc3c(c2)OCO3)C[C@@H](OCc2ccc(CO)cc2)O1)N1CCC2(CC1)C(=O)NCN2c1ccccc1. The lowest BCUT2D eigenvalue weighted by molar-refractivity contribution is -0.157. The largest absolute Gasteiger partial charge is 0.459 e. The number of nitrogens with zero attached hydrogens (tertiary/aromatic N) is 2. The molecule has 0 unspecified atom stereocenters. The van der Waals surface area contributed by atoms with Crippen molar-refractivity contribution >= 4 is 17.5 Å². The minimum atomic E-state index is -0.688. The Kier molecular flexibility index (Phi) is 7.61. The van der Waals surface area contributed by atoms with Crippen molar-refractivity contribution in [2.75, 3.05) is 31.5 Å². The van der Waals surface area contributed by atoms with Gasteiger partial charge in [0.05, 0.1) is 19.9 Å². The highest BCUT2D eigenvalue weighted by molar-refractivity contribution is 5.95. The number of carbonyl (C=O) groups is 2. The van der Waals surface area contributed by atoms with Crippen LogP contribution in [0, 0.1) is 0 Å². The molecule has 228 valence electrons. The maximum atomic E-state index is 13.9. The minimum Gasteiger partial charge on any atom is -0.459 e. The second-order valence-corrected chi connectivity index (χ2v) is 11.6. The van der Waals surface area contributed by atoms with Gasteiger partial charge in [0.1, 0.15) is 5.54 Å². The Morgan fingerprint density at radius 3 is 2.50 bits per heavy atom. The van der Waals surface area contributed by atoms with Gasteiger partial charge in [0.25, 0.3) is 5.91 Å². The molecule has 4 aliphatic heterocycles. The van der Waals surface area contributed by atoms with E-state index in [0.717, 1.165) is 22.4 Å². The molecule has 10 nitrogen and oxygen atoms in total. The Labute approximate surface area is 255 Å². The smallest absolute Gasteiger partial charge is 0.288 e. The Morgan fingerprint density at radius 1 is 0.977 bits per heavy atom. The summed E-state index contributed by atoms with van der Waals surface area (Å²) in [4.78, 5) is 31.0. The second kappa shape index (κ2) is 11.9. The Hall–Kier alpha value is -4.54. The highest BCUT2D eigenvalue weighted by atomic mass is 16.7. The van der Waals surface area contributed by atoms with E-state index >= 15 is 0 Å². The Bertz CT molecular complexity index is 1550. The van der Waals surface area contributed by atoms with Crippen LogP contribution >= 0.6 is 0 Å². The highest BCUT2D eigenvalue weighted by Gasteiger charge is 2.51. The van der Waals surface area contributed by atoms with Crippen molar-refractivity contribution in [1.29, 1.82) is 0 Å². The van der Waals surface area contributed by atoms with Crippen molar-refractivity contribution in [2.45, 2.75) is 50.2 Å². The number of likely N-dealkylation sites (tertiary alicyclic amines) is 1. The van der Waals surface area contributed by atoms with Crippen molar-refractivity contribution < 1.29 is 33.6 Å². The summed E-state index contributed by atoms with van der Waals surface area (Å²) in [6, 6.07) is 23.3. The van der Waals surface area contributed by atoms with Gasteiger partial charge >= 0.3 is 0 Å². The van der Waals surface area contributed by atoms with Gasteiger partial charge in [0, 0.05) is 31.1 Å². The predicted octanol–water partition coefficient (Wildman–Crippen LogP) is 3.79. The number of ether oxygens (including phenoxy) is 4. The number of anilines is 1. The van der Waals surface area contributed by atoms with E-state index in [-0.39, 0.29) is 36.9 Å². The summed E-state index contributed by atoms with van der Waals surface area (Å²) in [5.74, 6) is 1.26. The summed E-state index contributed by atoms with van der Waals surface area (Å²) in [6.45, 7) is 1.75. The molecule has 0 bridgehead atoms. The summed E-state index contributed by atoms with van der Waals surface area (Å²) in [7, 11) is 0. The van der Waals surface area contributed by atoms with Crippen LogP contribution in [0.2, 0.25) is 0 Å². The number of hydrogen-bond acceptors (Lipinski definition) is 8. The maximum absolute atomic E-state index is 13.9. The molecule has 0 aromatic heterocycles. The normalized spacial score (nSPS) is 22.0. The molecule has 0 saturated carbocycles. The van der Waals surface area contributed by atoms with Crippen molar-refractivity contribution in [3.05, 3.63) is 101 Å². The zero-order valence-corrected chi connectivity index (χ0v) is 24.3. The predicted molar refractivity (Wildman–Crippen MR) is 161 cm³/mol. The first-order chi connectivity index (χ1) is 21.5. The molecule has 2 N–H and O–H groups in total. The molecule has 3 aromatic rings. The zero-order chi connectivity index (χ0) is 30.1. The first-order valence-corrected chi connectivity index (χ1v) is 15.0. The number of aliphatic hydroxyl groups is 1. The van der Waals surface area contributed by atoms with Gasteiger partial charge in [-0.1, -0.05) is 48.5 Å². The van der Waals surface area contributed by atoms with Crippen LogP contribution in [0.4, 0.5) is 5.69 Å². The number of aliphatic hydroxyl groups excluding tert-OH is 1. The molecule has 10 heteroatoms. The van der Waals surface area contributed by atoms with Gasteiger partial charge in [-0.3, -0.25) is 9.59 Å². The highest BCUT2D eigenvalue weighted by Crippen LogP contribution is 2.40. The summed E-state index contributed by atoms with van der Waals surface area (Å²) in [5.41, 5.74) is 3.04. The molecule has 4 heterocycles. The number of nitrogens with one attached hydrogen (secondary N) is 1. The number of rotatable bonds is 7. The fourth-order valence-corrected chi connectivity index (χ4v) is 6.49. The van der Waals surface area contributed by atoms with E-state index in [1.54, 1.807) is 4.90 Å². The van der Waals surface area contributed by atoms with E-state index in [9.17, 15) is 14.7 Å². The first-order valence-electron chi connectivity index (χ1n) is 15.0. The van der Waals surface area contributed by atoms with Gasteiger partial charge in [0.2, 0.25) is 19.0 Å². The molecule has 2 atom stereocenters. The van der Waals surface area contributed by atoms with Gasteiger partial charge in [-0.2, -0.15) is 0 Å². The number of allylic oxidation sites excluding steroid dienone is 1. The first kappa shape index (κ1) is 28.2. The monoisotopic (exact) mass is 597 g/mol. The van der Waals surface area contributed by atoms with Crippen LogP contribution in [0.1, 0.15) is 41.9 Å². The van der Waals surface area contributed by atoms with Gasteiger partial charge in [0.15, 0.2) is 17.3 Å². The number of piperidine rings is 1. The number of fused-ring (bicyclic) bond motifs is 1. The summed E-state index contributed by atoms with van der Waals surface area (Å²) in [6.07, 6.45) is 2.76. The second-order valence-electron chi connectivity index (χ2n) is 11.6. The van der Waals surface area contributed by atoms with Crippen LogP contribution in [0.25, 0.3) is 0 Å². The van der Waals surface area contributed by atoms with Crippen molar-refractivity contribution in [3.8, 4) is 11.5 Å². The molecular formula is C34H35N3O7. The third-order valence-electron chi connectivity index (χ3n) is 9.02. The third-order valence-corrected chi connectivity index (χ3v) is 9.02. The Morgan fingerprint density at radius 2 is 1.73 bits per heavy atom. The van der Waals surface area contributed by atoms with Gasteiger partial charge in [-0.05, 0) is 59.9 Å². The van der Waals surface area contributed by atoms with Crippen LogP contribution in [0.3, 0.4) is 0 Å². The Balaban J connectivity index is 1.09. The number of carbonyl (C=O) groups excluding carboxylic acids is 2. The van der Waals surface area contributed by atoms with Crippen LogP contribution in [-0.4, -0.2) is 60.2 Å². The topological polar surface area (TPSA) is 110 Å². The van der Waals surface area contributed by atoms with Gasteiger partial charge < -0.3 is 39.2 Å². The molecule has 44 heavy (non-hydrogen) atoms. The summed E-state index contributed by atoms with van der Waals surface area (Å²) < 4.78 is 23.5. The van der Waals surface area contributed by atoms with Gasteiger partial charge in [-0.15, -0.1) is 0 Å². The lowest BCUT2D eigenvalue weighted by atomic mass is 9.85. The zero-order valence-electron chi connectivity index (χ0n) is 24.3. The quantitative estimate of drug-likeness (QED) is 0.424. The summed E-state index contributed by atoms with van der Waals surface area (Å²) in [5, 5.41) is 12.4. The molecule has 1 spiro atoms. The molecule has 0 radical (unpaired) electrons. The molecule has 2 fully saturated rings. The number of amides is 2. The average Bonchev–Trinajstić information content (AvgIpc) is 3.68. The van der Waals surface area contributed by atoms with Gasteiger partial charge in [-0.25, -0.2) is 0 Å². The van der Waals surface area contributed by atoms with Crippen molar-refractivity contribution in [1.82, 2.24) is 10.2 Å². The third kappa shape index (κ3) is 5.35. The number of hydrogen-bond donors (Lipinski definition) is 2. The molecule has 7 rings (SSSR count). The fraction of sp³-hybridized carbons (Fsp3) is 0.353. The maximum Gasteiger partial charge on any atom is 0.288 e. The van der Waals surface area contributed by atoms with Crippen LogP contribution < -0.4 is 19.7 Å². The molecule has 4 aliphatic rings. The molecule has 0 aliphatic carbocycles. The number of benzene rings is 3. The lowest BCUT2D eigenvalue weighted by Crippen LogP contribution is -2.57.